The van der Waals surface area contributed by atoms with Gasteiger partial charge in [-0.3, -0.25) is 9.69 Å². The molecule has 1 fully saturated rings. The highest BCUT2D eigenvalue weighted by atomic mass is 16.3. The minimum Gasteiger partial charge on any atom is -0.390 e. The first-order valence-electron chi connectivity index (χ1n) is 7.35. The molecule has 2 unspecified atom stereocenters. The summed E-state index contributed by atoms with van der Waals surface area (Å²) in [6.07, 6.45) is 2.34. The summed E-state index contributed by atoms with van der Waals surface area (Å²) in [5, 5.41) is 22.1. The van der Waals surface area contributed by atoms with Crippen molar-refractivity contribution in [2.45, 2.75) is 58.1 Å². The molecule has 20 heavy (non-hydrogen) atoms. The Kier molecular flexibility index (Phi) is 5.55. The summed E-state index contributed by atoms with van der Waals surface area (Å²) in [6, 6.07) is 2.18. The maximum Gasteiger partial charge on any atom is 0.235 e. The quantitative estimate of drug-likeness (QED) is 0.814. The van der Waals surface area contributed by atoms with Crippen LogP contribution < -0.4 is 5.32 Å². The number of aliphatic hydroxyl groups is 1. The zero-order chi connectivity index (χ0) is 15.4. The zero-order valence-corrected chi connectivity index (χ0v) is 13.1. The summed E-state index contributed by atoms with van der Waals surface area (Å²) < 4.78 is 0. The monoisotopic (exact) mass is 281 g/mol. The Morgan fingerprint density at radius 2 is 2.15 bits per heavy atom. The Morgan fingerprint density at radius 3 is 2.70 bits per heavy atom. The van der Waals surface area contributed by atoms with E-state index in [1.165, 1.54) is 0 Å². The van der Waals surface area contributed by atoms with Gasteiger partial charge in [0, 0.05) is 6.54 Å². The van der Waals surface area contributed by atoms with Gasteiger partial charge in [-0.1, -0.05) is 13.8 Å². The van der Waals surface area contributed by atoms with Crippen LogP contribution in [0.1, 0.15) is 47.0 Å². The summed E-state index contributed by atoms with van der Waals surface area (Å²) in [4.78, 5) is 14.1. The number of hydrogen-bond donors (Lipinski definition) is 2. The largest absolute Gasteiger partial charge is 0.390 e. The molecule has 0 aromatic carbocycles. The molecule has 0 saturated carbocycles. The Balaban J connectivity index is 2.53. The van der Waals surface area contributed by atoms with E-state index in [9.17, 15) is 15.2 Å². The third kappa shape index (κ3) is 4.77. The number of rotatable bonds is 4. The van der Waals surface area contributed by atoms with Crippen molar-refractivity contribution in [1.29, 1.82) is 5.26 Å². The third-order valence-electron chi connectivity index (χ3n) is 4.31. The minimum absolute atomic E-state index is 0.0568. The first kappa shape index (κ1) is 16.9. The molecule has 1 rings (SSSR count). The van der Waals surface area contributed by atoms with E-state index in [-0.39, 0.29) is 11.8 Å². The van der Waals surface area contributed by atoms with E-state index in [4.69, 9.17) is 0 Å². The first-order chi connectivity index (χ1) is 9.18. The fourth-order valence-electron chi connectivity index (χ4n) is 2.31. The smallest absolute Gasteiger partial charge is 0.235 e. The molecule has 1 amide bonds. The molecule has 5 heteroatoms. The Hall–Kier alpha value is -1.12. The van der Waals surface area contributed by atoms with Gasteiger partial charge in [0.05, 0.1) is 18.2 Å². The fourth-order valence-corrected chi connectivity index (χ4v) is 2.31. The highest BCUT2D eigenvalue weighted by Crippen LogP contribution is 2.21. The third-order valence-corrected chi connectivity index (χ3v) is 4.31. The van der Waals surface area contributed by atoms with Crippen LogP contribution >= 0.6 is 0 Å². The normalized spacial score (nSPS) is 27.4. The molecule has 1 saturated heterocycles. The number of nitriles is 1. The van der Waals surface area contributed by atoms with Crippen LogP contribution in [-0.2, 0) is 4.79 Å². The van der Waals surface area contributed by atoms with E-state index in [1.807, 2.05) is 20.8 Å². The van der Waals surface area contributed by atoms with Crippen molar-refractivity contribution >= 4 is 5.91 Å². The van der Waals surface area contributed by atoms with Gasteiger partial charge >= 0.3 is 0 Å². The summed E-state index contributed by atoms with van der Waals surface area (Å²) in [5.74, 6) is -0.0643. The topological polar surface area (TPSA) is 76.4 Å². The Bertz CT molecular complexity index is 387. The molecular formula is C15H27N3O2. The van der Waals surface area contributed by atoms with Gasteiger partial charge < -0.3 is 10.4 Å². The number of carbonyl (C=O) groups excluding carboxylic acids is 1. The van der Waals surface area contributed by atoms with Crippen LogP contribution in [0, 0.1) is 17.2 Å². The van der Waals surface area contributed by atoms with Crippen molar-refractivity contribution in [3.8, 4) is 6.07 Å². The number of carbonyl (C=O) groups is 1. The average Bonchev–Trinajstić information content (AvgIpc) is 2.50. The molecule has 0 bridgehead atoms. The molecule has 0 aromatic heterocycles. The minimum atomic E-state index is -0.825. The van der Waals surface area contributed by atoms with Gasteiger partial charge in [0.2, 0.25) is 5.91 Å². The number of nitrogens with zero attached hydrogens (tertiary/aromatic N) is 2. The Morgan fingerprint density at radius 1 is 1.50 bits per heavy atom. The molecule has 114 valence electrons. The lowest BCUT2D eigenvalue weighted by atomic mass is 9.90. The molecule has 2 atom stereocenters. The number of amides is 1. The predicted molar refractivity (Wildman–Crippen MR) is 77.9 cm³/mol. The highest BCUT2D eigenvalue weighted by Gasteiger charge is 2.31. The summed E-state index contributed by atoms with van der Waals surface area (Å²) in [6.45, 7) is 9.27. The van der Waals surface area contributed by atoms with Gasteiger partial charge in [-0.25, -0.2) is 0 Å². The standard InChI is InChI=1S/C15H27N3O2/c1-12(2)15(4,11-16)17-13(19)10-18-8-5-6-14(3,20)7-9-18/h12,20H,5-10H2,1-4H3,(H,17,19). The van der Waals surface area contributed by atoms with E-state index >= 15 is 0 Å². The van der Waals surface area contributed by atoms with Crippen molar-refractivity contribution in [3.63, 3.8) is 0 Å². The lowest BCUT2D eigenvalue weighted by Crippen LogP contribution is -2.52. The second-order valence-electron chi connectivity index (χ2n) is 6.64. The zero-order valence-electron chi connectivity index (χ0n) is 13.1. The lowest BCUT2D eigenvalue weighted by molar-refractivity contribution is -0.123. The van der Waals surface area contributed by atoms with Gasteiger partial charge in [0.25, 0.3) is 0 Å². The van der Waals surface area contributed by atoms with Crippen molar-refractivity contribution in [2.24, 2.45) is 5.92 Å². The SMILES string of the molecule is CC(C)C(C)(C#N)NC(=O)CN1CCCC(C)(O)CC1. The van der Waals surface area contributed by atoms with Crippen molar-refractivity contribution < 1.29 is 9.90 Å². The van der Waals surface area contributed by atoms with Crippen LogP contribution in [0.4, 0.5) is 0 Å². The van der Waals surface area contributed by atoms with Gasteiger partial charge in [-0.05, 0) is 45.6 Å². The molecule has 0 spiro atoms. The number of nitrogens with one attached hydrogen (secondary N) is 1. The second-order valence-corrected chi connectivity index (χ2v) is 6.64. The van der Waals surface area contributed by atoms with Gasteiger partial charge in [-0.2, -0.15) is 5.26 Å². The van der Waals surface area contributed by atoms with E-state index in [2.05, 4.69) is 16.3 Å². The molecular weight excluding hydrogens is 254 g/mol. The van der Waals surface area contributed by atoms with Crippen LogP contribution in [0.15, 0.2) is 0 Å². The van der Waals surface area contributed by atoms with E-state index in [0.717, 1.165) is 19.4 Å². The fraction of sp³-hybridized carbons (Fsp3) is 0.867. The van der Waals surface area contributed by atoms with Crippen LogP contribution in [-0.4, -0.2) is 46.7 Å². The summed E-state index contributed by atoms with van der Waals surface area (Å²) in [5.41, 5.74) is -1.45. The maximum absolute atomic E-state index is 12.1. The van der Waals surface area contributed by atoms with Crippen LogP contribution in [0.25, 0.3) is 0 Å². The highest BCUT2D eigenvalue weighted by molar-refractivity contribution is 5.79. The van der Waals surface area contributed by atoms with E-state index in [0.29, 0.717) is 19.5 Å². The molecule has 5 nitrogen and oxygen atoms in total. The second kappa shape index (κ2) is 6.55. The van der Waals surface area contributed by atoms with Gasteiger partial charge in [-0.15, -0.1) is 0 Å². The molecule has 0 radical (unpaired) electrons. The van der Waals surface area contributed by atoms with Crippen molar-refractivity contribution in [3.05, 3.63) is 0 Å². The molecule has 0 aromatic rings. The molecule has 1 aliphatic heterocycles. The molecule has 1 aliphatic rings. The maximum atomic E-state index is 12.1. The number of hydrogen-bond acceptors (Lipinski definition) is 4. The van der Waals surface area contributed by atoms with Crippen molar-refractivity contribution in [1.82, 2.24) is 10.2 Å². The number of likely N-dealkylation sites (tertiary alicyclic amines) is 1. The van der Waals surface area contributed by atoms with Gasteiger partial charge in [0.15, 0.2) is 0 Å². The van der Waals surface area contributed by atoms with Crippen LogP contribution in [0.5, 0.6) is 0 Å². The van der Waals surface area contributed by atoms with E-state index < -0.39 is 11.1 Å². The molecule has 1 heterocycles. The molecule has 2 N–H and O–H groups in total. The summed E-state index contributed by atoms with van der Waals surface area (Å²) in [7, 11) is 0. The first-order valence-corrected chi connectivity index (χ1v) is 7.35. The summed E-state index contributed by atoms with van der Waals surface area (Å²) >= 11 is 0. The molecule has 0 aliphatic carbocycles. The van der Waals surface area contributed by atoms with Crippen molar-refractivity contribution in [2.75, 3.05) is 19.6 Å². The van der Waals surface area contributed by atoms with Crippen LogP contribution in [0.2, 0.25) is 0 Å². The lowest BCUT2D eigenvalue weighted by Gasteiger charge is -2.29. The Labute approximate surface area is 122 Å². The van der Waals surface area contributed by atoms with Crippen LogP contribution in [0.3, 0.4) is 0 Å². The van der Waals surface area contributed by atoms with Gasteiger partial charge in [0.1, 0.15) is 5.54 Å². The average molecular weight is 281 g/mol. The predicted octanol–water partition coefficient (Wildman–Crippen LogP) is 1.28. The van der Waals surface area contributed by atoms with E-state index in [1.54, 1.807) is 6.92 Å².